The van der Waals surface area contributed by atoms with Crippen molar-refractivity contribution in [2.75, 3.05) is 5.32 Å². The van der Waals surface area contributed by atoms with Crippen molar-refractivity contribution >= 4 is 23.2 Å². The summed E-state index contributed by atoms with van der Waals surface area (Å²) in [6, 6.07) is 4.17. The van der Waals surface area contributed by atoms with E-state index in [0.717, 1.165) is 17.0 Å². The molecular formula is C15H17ClFN3O. The molecule has 2 rings (SSSR count). The second-order valence-corrected chi connectivity index (χ2v) is 5.38. The monoisotopic (exact) mass is 309 g/mol. The number of aryl methyl sites for hydroxylation is 2. The summed E-state index contributed by atoms with van der Waals surface area (Å²) in [5.74, 6) is -0.775. The fraction of sp³-hybridized carbons (Fsp3) is 0.333. The van der Waals surface area contributed by atoms with Crippen LogP contribution in [0.25, 0.3) is 0 Å². The summed E-state index contributed by atoms with van der Waals surface area (Å²) in [5, 5.41) is 7.16. The zero-order valence-corrected chi connectivity index (χ0v) is 13.0. The Morgan fingerprint density at radius 3 is 2.71 bits per heavy atom. The number of anilines is 1. The molecule has 0 radical (unpaired) electrons. The van der Waals surface area contributed by atoms with Crippen molar-refractivity contribution in [1.82, 2.24) is 9.78 Å². The lowest BCUT2D eigenvalue weighted by atomic mass is 10.1. The van der Waals surface area contributed by atoms with Crippen molar-refractivity contribution < 1.29 is 9.18 Å². The van der Waals surface area contributed by atoms with Crippen molar-refractivity contribution in [2.24, 2.45) is 7.05 Å². The molecule has 0 unspecified atom stereocenters. The minimum Gasteiger partial charge on any atom is -0.324 e. The molecule has 0 aliphatic heterocycles. The van der Waals surface area contributed by atoms with E-state index in [9.17, 15) is 9.18 Å². The third-order valence-electron chi connectivity index (χ3n) is 3.47. The number of benzene rings is 1. The van der Waals surface area contributed by atoms with Gasteiger partial charge >= 0.3 is 0 Å². The molecular weight excluding hydrogens is 293 g/mol. The average Bonchev–Trinajstić information content (AvgIpc) is 2.65. The summed E-state index contributed by atoms with van der Waals surface area (Å²) < 4.78 is 15.4. The lowest BCUT2D eigenvalue weighted by molar-refractivity contribution is -0.116. The van der Waals surface area contributed by atoms with Gasteiger partial charge in [0.05, 0.1) is 11.4 Å². The Morgan fingerprint density at radius 1 is 1.43 bits per heavy atom. The van der Waals surface area contributed by atoms with Gasteiger partial charge in [0, 0.05) is 24.2 Å². The van der Waals surface area contributed by atoms with Crippen LogP contribution in [0.5, 0.6) is 0 Å². The van der Waals surface area contributed by atoms with Crippen LogP contribution in [-0.2, 0) is 18.3 Å². The molecule has 1 amide bonds. The molecule has 1 aromatic heterocycles. The number of rotatable bonds is 4. The summed E-state index contributed by atoms with van der Waals surface area (Å²) in [6.07, 6.45) is 0.849. The Balaban J connectivity index is 1.99. The second-order valence-electron chi connectivity index (χ2n) is 4.95. The number of aromatic nitrogens is 2. The van der Waals surface area contributed by atoms with Gasteiger partial charge in [-0.25, -0.2) is 4.39 Å². The van der Waals surface area contributed by atoms with Crippen LogP contribution in [0.4, 0.5) is 10.1 Å². The van der Waals surface area contributed by atoms with Crippen molar-refractivity contribution in [1.29, 1.82) is 0 Å². The molecule has 0 spiro atoms. The van der Waals surface area contributed by atoms with Gasteiger partial charge in [-0.15, -0.1) is 0 Å². The van der Waals surface area contributed by atoms with Crippen molar-refractivity contribution in [3.05, 3.63) is 46.0 Å². The quantitative estimate of drug-likeness (QED) is 0.941. The minimum absolute atomic E-state index is 0.143. The molecule has 0 atom stereocenters. The highest BCUT2D eigenvalue weighted by atomic mass is 35.5. The Morgan fingerprint density at radius 2 is 2.14 bits per heavy atom. The van der Waals surface area contributed by atoms with Gasteiger partial charge in [0.25, 0.3) is 0 Å². The molecule has 2 aromatic rings. The minimum atomic E-state index is -0.537. The number of nitrogens with zero attached hydrogens (tertiary/aromatic N) is 2. The highest BCUT2D eigenvalue weighted by Crippen LogP contribution is 2.19. The van der Waals surface area contributed by atoms with Gasteiger partial charge in [0.15, 0.2) is 0 Å². The maximum absolute atomic E-state index is 13.6. The van der Waals surface area contributed by atoms with E-state index >= 15 is 0 Å². The van der Waals surface area contributed by atoms with E-state index in [1.165, 1.54) is 18.2 Å². The third-order valence-corrected chi connectivity index (χ3v) is 3.70. The van der Waals surface area contributed by atoms with Gasteiger partial charge in [-0.1, -0.05) is 11.6 Å². The Hall–Kier alpha value is -1.88. The van der Waals surface area contributed by atoms with Gasteiger partial charge in [-0.2, -0.15) is 5.10 Å². The van der Waals surface area contributed by atoms with E-state index in [2.05, 4.69) is 10.4 Å². The molecule has 0 fully saturated rings. The normalized spacial score (nSPS) is 10.7. The number of carbonyl (C=O) groups is 1. The first-order valence-corrected chi connectivity index (χ1v) is 7.00. The van der Waals surface area contributed by atoms with Crippen LogP contribution in [0.3, 0.4) is 0 Å². The van der Waals surface area contributed by atoms with E-state index < -0.39 is 5.82 Å². The standard InChI is InChI=1S/C15H17ClFN3O/c1-9-12(10(2)20(3)19-9)5-7-15(21)18-14-6-4-11(16)8-13(14)17/h4,6,8H,5,7H2,1-3H3,(H,18,21). The number of nitrogens with one attached hydrogen (secondary N) is 1. The zero-order valence-electron chi connectivity index (χ0n) is 12.2. The Labute approximate surface area is 127 Å². The first kappa shape index (κ1) is 15.5. The molecule has 0 saturated carbocycles. The van der Waals surface area contributed by atoms with Gasteiger partial charge in [-0.3, -0.25) is 9.48 Å². The van der Waals surface area contributed by atoms with Gasteiger partial charge in [0.2, 0.25) is 5.91 Å². The predicted molar refractivity (Wildman–Crippen MR) is 81.0 cm³/mol. The summed E-state index contributed by atoms with van der Waals surface area (Å²) in [7, 11) is 1.87. The molecule has 1 heterocycles. The average molecular weight is 310 g/mol. The van der Waals surface area contributed by atoms with Crippen LogP contribution in [0.2, 0.25) is 5.02 Å². The topological polar surface area (TPSA) is 46.9 Å². The largest absolute Gasteiger partial charge is 0.324 e. The molecule has 4 nitrogen and oxygen atoms in total. The first-order valence-electron chi connectivity index (χ1n) is 6.62. The number of halogens is 2. The maximum Gasteiger partial charge on any atom is 0.224 e. The summed E-state index contributed by atoms with van der Waals surface area (Å²) in [4.78, 5) is 11.9. The van der Waals surface area contributed by atoms with E-state index in [0.29, 0.717) is 11.4 Å². The molecule has 0 bridgehead atoms. The van der Waals surface area contributed by atoms with E-state index in [1.54, 1.807) is 4.68 Å². The van der Waals surface area contributed by atoms with Crippen LogP contribution < -0.4 is 5.32 Å². The highest BCUT2D eigenvalue weighted by molar-refractivity contribution is 6.30. The number of hydrogen-bond donors (Lipinski definition) is 1. The van der Waals surface area contributed by atoms with Gasteiger partial charge in [0.1, 0.15) is 5.82 Å². The van der Waals surface area contributed by atoms with Crippen LogP contribution in [0, 0.1) is 19.7 Å². The summed E-state index contributed by atoms with van der Waals surface area (Å²) >= 11 is 5.67. The molecule has 112 valence electrons. The smallest absolute Gasteiger partial charge is 0.224 e. The fourth-order valence-electron chi connectivity index (χ4n) is 2.22. The number of amides is 1. The van der Waals surface area contributed by atoms with Crippen LogP contribution in [0.1, 0.15) is 23.4 Å². The molecule has 0 aliphatic carbocycles. The lowest BCUT2D eigenvalue weighted by Gasteiger charge is -2.07. The maximum atomic E-state index is 13.6. The van der Waals surface area contributed by atoms with Crippen molar-refractivity contribution in [3.8, 4) is 0 Å². The van der Waals surface area contributed by atoms with E-state index in [4.69, 9.17) is 11.6 Å². The summed E-state index contributed by atoms with van der Waals surface area (Å²) in [6.45, 7) is 3.88. The van der Waals surface area contributed by atoms with Crippen LogP contribution >= 0.6 is 11.6 Å². The lowest BCUT2D eigenvalue weighted by Crippen LogP contribution is -2.13. The molecule has 21 heavy (non-hydrogen) atoms. The Kier molecular flexibility index (Phi) is 4.63. The predicted octanol–water partition coefficient (Wildman–Crippen LogP) is 3.40. The van der Waals surface area contributed by atoms with E-state index in [-0.39, 0.29) is 18.0 Å². The third kappa shape index (κ3) is 3.61. The molecule has 1 N–H and O–H groups in total. The second kappa shape index (κ2) is 6.26. The molecule has 6 heteroatoms. The fourth-order valence-corrected chi connectivity index (χ4v) is 2.38. The van der Waals surface area contributed by atoms with E-state index in [1.807, 2.05) is 20.9 Å². The van der Waals surface area contributed by atoms with Crippen LogP contribution in [-0.4, -0.2) is 15.7 Å². The number of hydrogen-bond acceptors (Lipinski definition) is 2. The zero-order chi connectivity index (χ0) is 15.6. The SMILES string of the molecule is Cc1nn(C)c(C)c1CCC(=O)Nc1ccc(Cl)cc1F. The number of carbonyl (C=O) groups excluding carboxylic acids is 1. The van der Waals surface area contributed by atoms with Crippen LogP contribution in [0.15, 0.2) is 18.2 Å². The Bertz CT molecular complexity index is 682. The first-order chi connectivity index (χ1) is 9.88. The summed E-state index contributed by atoms with van der Waals surface area (Å²) in [5.41, 5.74) is 3.16. The van der Waals surface area contributed by atoms with Crippen molar-refractivity contribution in [2.45, 2.75) is 26.7 Å². The van der Waals surface area contributed by atoms with Gasteiger partial charge in [-0.05, 0) is 44.0 Å². The molecule has 1 aromatic carbocycles. The molecule has 0 aliphatic rings. The van der Waals surface area contributed by atoms with Gasteiger partial charge < -0.3 is 5.32 Å². The highest BCUT2D eigenvalue weighted by Gasteiger charge is 2.12. The molecule has 0 saturated heterocycles. The van der Waals surface area contributed by atoms with Crippen molar-refractivity contribution in [3.63, 3.8) is 0 Å².